The largest absolute Gasteiger partial charge is 0.217 e. The van der Waals surface area contributed by atoms with Crippen molar-refractivity contribution < 1.29 is 8.42 Å². The van der Waals surface area contributed by atoms with Gasteiger partial charge < -0.3 is 0 Å². The van der Waals surface area contributed by atoms with Crippen LogP contribution in [0.1, 0.15) is 6.42 Å². The summed E-state index contributed by atoms with van der Waals surface area (Å²) < 4.78 is 20.6. The van der Waals surface area contributed by atoms with Crippen LogP contribution in [-0.2, 0) is 10.3 Å². The second-order valence-electron chi connectivity index (χ2n) is 1.87. The van der Waals surface area contributed by atoms with E-state index in [2.05, 4.69) is 12.6 Å². The molecule has 0 bridgehead atoms. The van der Waals surface area contributed by atoms with Gasteiger partial charge in [0.15, 0.2) is 0 Å². The van der Waals surface area contributed by atoms with Gasteiger partial charge in [0.05, 0.1) is 4.86 Å². The van der Waals surface area contributed by atoms with Crippen molar-refractivity contribution in [2.75, 3.05) is 0 Å². The molecule has 0 heterocycles. The molecule has 0 radical (unpaired) electrons. The first kappa shape index (κ1) is 7.63. The minimum absolute atomic E-state index is 0.415. The molecule has 2 nitrogen and oxygen atoms in total. The molecule has 0 saturated carbocycles. The lowest BCUT2D eigenvalue weighted by atomic mass is 10.2. The zero-order valence-corrected chi connectivity index (χ0v) is 6.82. The van der Waals surface area contributed by atoms with E-state index in [1.54, 1.807) is 18.2 Å². The molecule has 10 heavy (non-hydrogen) atoms. The summed E-state index contributed by atoms with van der Waals surface area (Å²) in [5, 5.41) is 0. The first-order valence-electron chi connectivity index (χ1n) is 2.72. The van der Waals surface area contributed by atoms with E-state index in [1.165, 1.54) is 0 Å². The Morgan fingerprint density at radius 3 is 2.50 bits per heavy atom. The zero-order chi connectivity index (χ0) is 7.56. The van der Waals surface area contributed by atoms with Gasteiger partial charge in [0.1, 0.15) is 0 Å². The van der Waals surface area contributed by atoms with Gasteiger partial charge in [0.25, 0.3) is 0 Å². The Morgan fingerprint density at radius 1 is 1.40 bits per heavy atom. The first-order valence-corrected chi connectivity index (χ1v) is 4.24. The van der Waals surface area contributed by atoms with Crippen LogP contribution in [-0.4, -0.2) is 13.3 Å². The van der Waals surface area contributed by atoms with Crippen molar-refractivity contribution in [1.29, 1.82) is 0 Å². The van der Waals surface area contributed by atoms with E-state index in [4.69, 9.17) is 0 Å². The Labute approximate surface area is 66.2 Å². The molecule has 0 aromatic carbocycles. The minimum atomic E-state index is -2.07. The maximum absolute atomic E-state index is 10.3. The highest BCUT2D eigenvalue weighted by Crippen LogP contribution is 2.09. The number of rotatable bonds is 0. The molecule has 0 spiro atoms. The second-order valence-corrected chi connectivity index (χ2v) is 3.38. The van der Waals surface area contributed by atoms with Gasteiger partial charge in [-0.1, -0.05) is 6.08 Å². The zero-order valence-electron chi connectivity index (χ0n) is 5.11. The smallest absolute Gasteiger partial charge is 0.184 e. The quantitative estimate of drug-likeness (QED) is 0.435. The van der Waals surface area contributed by atoms with Crippen LogP contribution in [0.4, 0.5) is 0 Å². The van der Waals surface area contributed by atoms with Gasteiger partial charge >= 0.3 is 0 Å². The van der Waals surface area contributed by atoms with Gasteiger partial charge in [0.2, 0.25) is 10.3 Å². The van der Waals surface area contributed by atoms with Gasteiger partial charge in [0, 0.05) is 11.3 Å². The first-order chi connectivity index (χ1) is 4.70. The molecule has 0 aliphatic heterocycles. The summed E-state index contributed by atoms with van der Waals surface area (Å²) in [4.78, 5) is 1.23. The summed E-state index contributed by atoms with van der Waals surface area (Å²) in [6.07, 6.45) is 5.45. The third-order valence-electron chi connectivity index (χ3n) is 1.17. The standard InChI is InChI=1S/C6H6O2S2/c7-10(8)6-3-1-5(9)2-4-6/h1-3,9H,4H2. The van der Waals surface area contributed by atoms with Crippen LogP contribution < -0.4 is 0 Å². The Kier molecular flexibility index (Phi) is 2.34. The lowest BCUT2D eigenvalue weighted by Gasteiger charge is -1.98. The molecule has 0 atom stereocenters. The summed E-state index contributed by atoms with van der Waals surface area (Å²) in [5.74, 6) is 0. The molecule has 1 rings (SSSR count). The summed E-state index contributed by atoms with van der Waals surface area (Å²) >= 11 is 4.03. The molecular formula is C6H6O2S2. The van der Waals surface area contributed by atoms with Crippen LogP contribution in [0.3, 0.4) is 0 Å². The number of hydrogen-bond donors (Lipinski definition) is 1. The SMILES string of the molecule is O=S(=O)=C1C=CC(S)=CC1. The normalized spacial score (nSPS) is 16.9. The van der Waals surface area contributed by atoms with Crippen LogP contribution in [0.5, 0.6) is 0 Å². The lowest BCUT2D eigenvalue weighted by molar-refractivity contribution is 0.627. The van der Waals surface area contributed by atoms with Gasteiger partial charge in [-0.3, -0.25) is 0 Å². The fraction of sp³-hybridized carbons (Fsp3) is 0.167. The number of allylic oxidation sites excluding steroid dienone is 3. The van der Waals surface area contributed by atoms with E-state index < -0.39 is 10.3 Å². The summed E-state index contributed by atoms with van der Waals surface area (Å²) in [6.45, 7) is 0. The highest BCUT2D eigenvalue weighted by Gasteiger charge is 1.99. The monoisotopic (exact) mass is 174 g/mol. The van der Waals surface area contributed by atoms with E-state index >= 15 is 0 Å². The third kappa shape index (κ3) is 1.75. The Morgan fingerprint density at radius 2 is 2.10 bits per heavy atom. The van der Waals surface area contributed by atoms with Crippen molar-refractivity contribution in [3.05, 3.63) is 23.1 Å². The van der Waals surface area contributed by atoms with Gasteiger partial charge in [-0.15, -0.1) is 12.6 Å². The fourth-order valence-corrected chi connectivity index (χ4v) is 1.21. The topological polar surface area (TPSA) is 34.1 Å². The molecule has 0 aromatic rings. The average Bonchev–Trinajstić information content (AvgIpc) is 1.88. The van der Waals surface area contributed by atoms with Gasteiger partial charge in [-0.2, -0.15) is 8.42 Å². The molecule has 4 heteroatoms. The molecule has 0 unspecified atom stereocenters. The molecule has 0 fully saturated rings. The van der Waals surface area contributed by atoms with Crippen molar-refractivity contribution in [3.8, 4) is 0 Å². The molecule has 0 saturated heterocycles. The Balaban J connectivity index is 3.01. The summed E-state index contributed by atoms with van der Waals surface area (Å²) in [7, 11) is -2.07. The molecular weight excluding hydrogens is 168 g/mol. The highest BCUT2D eigenvalue weighted by atomic mass is 32.2. The third-order valence-corrected chi connectivity index (χ3v) is 2.23. The minimum Gasteiger partial charge on any atom is -0.184 e. The molecule has 0 amide bonds. The van der Waals surface area contributed by atoms with Crippen molar-refractivity contribution in [2.24, 2.45) is 0 Å². The fourth-order valence-electron chi connectivity index (χ4n) is 0.643. The van der Waals surface area contributed by atoms with Crippen LogP contribution in [0, 0.1) is 0 Å². The van der Waals surface area contributed by atoms with E-state index in [1.807, 2.05) is 0 Å². The number of thiol groups is 1. The Bertz CT molecular complexity index is 312. The van der Waals surface area contributed by atoms with Crippen LogP contribution in [0.25, 0.3) is 0 Å². The number of hydrogen-bond acceptors (Lipinski definition) is 3. The summed E-state index contributed by atoms with van der Waals surface area (Å²) in [5.41, 5.74) is 0. The van der Waals surface area contributed by atoms with Crippen molar-refractivity contribution >= 4 is 27.8 Å². The van der Waals surface area contributed by atoms with E-state index in [9.17, 15) is 8.42 Å². The van der Waals surface area contributed by atoms with E-state index in [-0.39, 0.29) is 0 Å². The van der Waals surface area contributed by atoms with Gasteiger partial charge in [-0.05, 0) is 12.2 Å². The van der Waals surface area contributed by atoms with Crippen LogP contribution >= 0.6 is 12.6 Å². The molecule has 0 aromatic heterocycles. The van der Waals surface area contributed by atoms with Crippen molar-refractivity contribution in [1.82, 2.24) is 0 Å². The maximum Gasteiger partial charge on any atom is 0.217 e. The van der Waals surface area contributed by atoms with E-state index in [0.29, 0.717) is 11.3 Å². The predicted molar refractivity (Wildman–Crippen MR) is 44.8 cm³/mol. The predicted octanol–water partition coefficient (Wildman–Crippen LogP) is 0.812. The average molecular weight is 174 g/mol. The van der Waals surface area contributed by atoms with Crippen LogP contribution in [0.2, 0.25) is 0 Å². The molecule has 0 N–H and O–H groups in total. The molecule has 1 aliphatic rings. The van der Waals surface area contributed by atoms with Gasteiger partial charge in [-0.25, -0.2) is 0 Å². The Hall–Kier alpha value is -0.480. The van der Waals surface area contributed by atoms with Crippen molar-refractivity contribution in [3.63, 3.8) is 0 Å². The highest BCUT2D eigenvalue weighted by molar-refractivity contribution is 7.84. The lowest BCUT2D eigenvalue weighted by Crippen LogP contribution is -1.96. The second kappa shape index (κ2) is 3.07. The van der Waals surface area contributed by atoms with E-state index in [0.717, 1.165) is 4.91 Å². The van der Waals surface area contributed by atoms with Crippen molar-refractivity contribution in [2.45, 2.75) is 6.42 Å². The maximum atomic E-state index is 10.3. The van der Waals surface area contributed by atoms with Crippen LogP contribution in [0.15, 0.2) is 23.1 Å². The molecule has 54 valence electrons. The summed E-state index contributed by atoms with van der Waals surface area (Å²) in [6, 6.07) is 0. The molecule has 1 aliphatic carbocycles.